The molecule has 5 nitrogen and oxygen atoms in total. The maximum absolute atomic E-state index is 6.54. The van der Waals surface area contributed by atoms with Crippen molar-refractivity contribution in [1.29, 1.82) is 0 Å². The third-order valence-corrected chi connectivity index (χ3v) is 12.4. The van der Waals surface area contributed by atoms with E-state index in [0.717, 1.165) is 71.7 Å². The maximum atomic E-state index is 6.54. The van der Waals surface area contributed by atoms with Crippen LogP contribution in [0.4, 0.5) is 0 Å². The van der Waals surface area contributed by atoms with Crippen molar-refractivity contribution in [1.82, 2.24) is 0 Å². The lowest BCUT2D eigenvalue weighted by molar-refractivity contribution is 0.668. The van der Waals surface area contributed by atoms with Gasteiger partial charge in [0.15, 0.2) is 0 Å². The van der Waals surface area contributed by atoms with Crippen molar-refractivity contribution >= 4 is 87.9 Å². The van der Waals surface area contributed by atoms with Gasteiger partial charge in [0.2, 0.25) is 0 Å². The van der Waals surface area contributed by atoms with Gasteiger partial charge in [-0.1, -0.05) is 151 Å². The Kier molecular flexibility index (Phi) is 7.60. The van der Waals surface area contributed by atoms with Crippen LogP contribution in [0.1, 0.15) is 22.9 Å². The summed E-state index contributed by atoms with van der Waals surface area (Å²) >= 11 is 0. The second-order valence-corrected chi connectivity index (χ2v) is 16.1. The lowest BCUT2D eigenvalue weighted by Crippen LogP contribution is -2.15. The second-order valence-electron chi connectivity index (χ2n) is 16.1. The Morgan fingerprint density at radius 1 is 0.323 bits per heavy atom. The number of hydrogen-bond acceptors (Lipinski definition) is 4. The van der Waals surface area contributed by atoms with Gasteiger partial charge in [-0.3, -0.25) is 4.99 Å². The molecule has 0 fully saturated rings. The Morgan fingerprint density at radius 2 is 0.806 bits per heavy atom. The molecule has 10 aromatic carbocycles. The Labute approximate surface area is 355 Å². The number of rotatable bonds is 5. The van der Waals surface area contributed by atoms with Gasteiger partial charge >= 0.3 is 0 Å². The molecular formula is C57H34N3O2-. The van der Waals surface area contributed by atoms with Crippen molar-refractivity contribution in [2.45, 2.75) is 6.17 Å². The van der Waals surface area contributed by atoms with Crippen LogP contribution in [0.2, 0.25) is 0 Å². The number of nitrogens with zero attached hydrogens (tertiary/aromatic N) is 3. The molecule has 0 spiro atoms. The van der Waals surface area contributed by atoms with Crippen molar-refractivity contribution in [2.24, 2.45) is 9.98 Å². The molecule has 0 saturated heterocycles. The van der Waals surface area contributed by atoms with Gasteiger partial charge in [-0.2, -0.15) is 0 Å². The molecule has 0 amide bonds. The first-order valence-electron chi connectivity index (χ1n) is 20.9. The number of benzene rings is 10. The standard InChI is InChI=1S/C57H34N3O2/c1-2-11-34(12-3-1)55-58-56(39-22-26-47-46-19-8-9-20-51(46)61-53(47)32-39)60-57(59-55)40-23-27-48-50-31-38(24-28-52(50)62-54(48)33-40)36-14-10-13-35(29-36)37-21-25-45-43-17-5-4-15-41(43)42-16-6-7-18-44(42)49(45)30-37/h1-33,55H/q-1. The molecular weight excluding hydrogens is 759 g/mol. The van der Waals surface area contributed by atoms with Gasteiger partial charge in [-0.05, 0) is 126 Å². The fraction of sp³-hybridized carbons (Fsp3) is 0.0175. The number of hydrogen-bond donors (Lipinski definition) is 0. The zero-order chi connectivity index (χ0) is 40.7. The molecule has 0 bridgehead atoms. The molecule has 1 aliphatic rings. The molecule has 290 valence electrons. The molecule has 1 aliphatic heterocycles. The average molecular weight is 793 g/mol. The number of para-hydroxylation sites is 1. The van der Waals surface area contributed by atoms with E-state index < -0.39 is 6.17 Å². The molecule has 1 atom stereocenters. The first-order chi connectivity index (χ1) is 30.7. The number of furan rings is 2. The van der Waals surface area contributed by atoms with Crippen molar-refractivity contribution in [3.05, 3.63) is 222 Å². The van der Waals surface area contributed by atoms with E-state index >= 15 is 0 Å². The first kappa shape index (κ1) is 34.6. The van der Waals surface area contributed by atoms with E-state index in [1.807, 2.05) is 42.5 Å². The topological polar surface area (TPSA) is 65.1 Å². The van der Waals surface area contributed by atoms with Gasteiger partial charge in [0, 0.05) is 21.5 Å². The van der Waals surface area contributed by atoms with Crippen molar-refractivity contribution in [3.8, 4) is 22.3 Å². The highest BCUT2D eigenvalue weighted by Crippen LogP contribution is 2.40. The largest absolute Gasteiger partial charge is 0.456 e. The van der Waals surface area contributed by atoms with Crippen LogP contribution in [0.3, 0.4) is 0 Å². The van der Waals surface area contributed by atoms with Crippen LogP contribution in [0, 0.1) is 0 Å². The van der Waals surface area contributed by atoms with E-state index in [0.29, 0.717) is 11.7 Å². The summed E-state index contributed by atoms with van der Waals surface area (Å²) in [6.07, 6.45) is -0.455. The SMILES string of the molecule is c1ccc(C2N=C(c3ccc4c(c3)oc3ccccc34)N=C(c3ccc4c(c3)oc3ccc(-c5cccc(-c6ccc7c8ccccc8c8ccccc8c7c6)c5)cc34)[N-]2)cc1. The Bertz CT molecular complexity index is 3820. The van der Waals surface area contributed by atoms with Crippen LogP contribution in [0.15, 0.2) is 219 Å². The lowest BCUT2D eigenvalue weighted by Gasteiger charge is -2.32. The third-order valence-electron chi connectivity index (χ3n) is 12.4. The lowest BCUT2D eigenvalue weighted by atomic mass is 9.91. The van der Waals surface area contributed by atoms with Crippen LogP contribution in [-0.2, 0) is 0 Å². The van der Waals surface area contributed by atoms with Crippen LogP contribution in [-0.4, -0.2) is 11.7 Å². The predicted molar refractivity (Wildman–Crippen MR) is 256 cm³/mol. The highest BCUT2D eigenvalue weighted by Gasteiger charge is 2.17. The molecule has 5 heteroatoms. The summed E-state index contributed by atoms with van der Waals surface area (Å²) in [4.78, 5) is 10.1. The molecule has 62 heavy (non-hydrogen) atoms. The average Bonchev–Trinajstić information content (AvgIpc) is 3.91. The van der Waals surface area contributed by atoms with Crippen LogP contribution in [0.5, 0.6) is 0 Å². The van der Waals surface area contributed by atoms with Crippen molar-refractivity contribution < 1.29 is 8.83 Å². The van der Waals surface area contributed by atoms with E-state index in [9.17, 15) is 0 Å². The zero-order valence-electron chi connectivity index (χ0n) is 33.3. The fourth-order valence-corrected chi connectivity index (χ4v) is 9.40. The highest BCUT2D eigenvalue weighted by molar-refractivity contribution is 6.26. The van der Waals surface area contributed by atoms with Crippen molar-refractivity contribution in [3.63, 3.8) is 0 Å². The Hall–Kier alpha value is -8.28. The Balaban J connectivity index is 0.863. The molecule has 0 N–H and O–H groups in total. The monoisotopic (exact) mass is 792 g/mol. The summed E-state index contributed by atoms with van der Waals surface area (Å²) in [6.45, 7) is 0. The zero-order valence-corrected chi connectivity index (χ0v) is 33.3. The molecule has 12 aromatic rings. The molecule has 3 heterocycles. The number of fused-ring (bicyclic) bond motifs is 12. The van der Waals surface area contributed by atoms with Gasteiger partial charge in [0.1, 0.15) is 22.3 Å². The van der Waals surface area contributed by atoms with Gasteiger partial charge in [0.25, 0.3) is 0 Å². The number of amidine groups is 2. The van der Waals surface area contributed by atoms with Gasteiger partial charge in [-0.25, -0.2) is 0 Å². The fourth-order valence-electron chi connectivity index (χ4n) is 9.40. The molecule has 0 radical (unpaired) electrons. The van der Waals surface area contributed by atoms with E-state index in [1.165, 1.54) is 43.4 Å². The first-order valence-corrected chi connectivity index (χ1v) is 20.9. The maximum Gasteiger partial charge on any atom is 0.136 e. The summed E-state index contributed by atoms with van der Waals surface area (Å²) in [5.74, 6) is 1.21. The van der Waals surface area contributed by atoms with E-state index in [4.69, 9.17) is 24.1 Å². The molecule has 0 saturated carbocycles. The van der Waals surface area contributed by atoms with Gasteiger partial charge in [0.05, 0.1) is 12.0 Å². The van der Waals surface area contributed by atoms with Gasteiger partial charge in [-0.15, -0.1) is 0 Å². The third kappa shape index (κ3) is 5.56. The highest BCUT2D eigenvalue weighted by atomic mass is 16.3. The normalized spacial score (nSPS) is 14.3. The minimum Gasteiger partial charge on any atom is -0.456 e. The van der Waals surface area contributed by atoms with E-state index in [1.54, 1.807) is 0 Å². The molecule has 0 aliphatic carbocycles. The summed E-state index contributed by atoms with van der Waals surface area (Å²) in [5, 5.41) is 17.0. The Morgan fingerprint density at radius 3 is 1.53 bits per heavy atom. The van der Waals surface area contributed by atoms with Crippen LogP contribution in [0.25, 0.3) is 104 Å². The van der Waals surface area contributed by atoms with Crippen LogP contribution >= 0.6 is 0 Å². The molecule has 2 aromatic heterocycles. The second kappa shape index (κ2) is 13.6. The van der Waals surface area contributed by atoms with E-state index in [-0.39, 0.29) is 0 Å². The minimum atomic E-state index is -0.455. The minimum absolute atomic E-state index is 0.455. The molecule has 13 rings (SSSR count). The summed E-state index contributed by atoms with van der Waals surface area (Å²) in [6, 6.07) is 70.4. The summed E-state index contributed by atoms with van der Waals surface area (Å²) in [7, 11) is 0. The number of aliphatic imine (C=N–C) groups is 2. The van der Waals surface area contributed by atoms with E-state index in [2.05, 4.69) is 158 Å². The summed E-state index contributed by atoms with van der Waals surface area (Å²) in [5.41, 5.74) is 10.6. The quantitative estimate of drug-likeness (QED) is 0.163. The smallest absolute Gasteiger partial charge is 0.136 e. The van der Waals surface area contributed by atoms with Gasteiger partial charge < -0.3 is 19.1 Å². The predicted octanol–water partition coefficient (Wildman–Crippen LogP) is 15.6. The molecule has 1 unspecified atom stereocenters. The van der Waals surface area contributed by atoms with Crippen LogP contribution < -0.4 is 0 Å². The van der Waals surface area contributed by atoms with Crippen molar-refractivity contribution in [2.75, 3.05) is 0 Å². The summed E-state index contributed by atoms with van der Waals surface area (Å²) < 4.78 is 12.8.